The molecule has 0 radical (unpaired) electrons. The second-order valence-electron chi connectivity index (χ2n) is 9.28. The molecule has 2 atom stereocenters. The minimum absolute atomic E-state index is 0.106. The number of hydrogen-bond donors (Lipinski definition) is 0. The van der Waals surface area contributed by atoms with Crippen molar-refractivity contribution in [3.63, 3.8) is 0 Å². The largest absolute Gasteiger partial charge is 0.497 e. The molecule has 0 amide bonds. The number of hydrogen-bond acceptors (Lipinski definition) is 7. The highest BCUT2D eigenvalue weighted by Gasteiger charge is 2.25. The molecule has 7 heteroatoms. The van der Waals surface area contributed by atoms with Crippen LogP contribution in [0.2, 0.25) is 0 Å². The minimum Gasteiger partial charge on any atom is -0.497 e. The maximum atomic E-state index is 12.6. The first-order chi connectivity index (χ1) is 19.0. The lowest BCUT2D eigenvalue weighted by molar-refractivity contribution is -0.156. The van der Waals surface area contributed by atoms with Crippen LogP contribution in [0, 0.1) is 38.0 Å². The van der Waals surface area contributed by atoms with Crippen molar-refractivity contribution in [2.75, 3.05) is 14.2 Å². The van der Waals surface area contributed by atoms with E-state index < -0.39 is 18.0 Å². The van der Waals surface area contributed by atoms with Gasteiger partial charge >= 0.3 is 5.97 Å². The number of nitriles is 1. The summed E-state index contributed by atoms with van der Waals surface area (Å²) in [6.45, 7) is 13.0. The van der Waals surface area contributed by atoms with Crippen LogP contribution in [-0.4, -0.2) is 37.9 Å². The van der Waals surface area contributed by atoms with Crippen molar-refractivity contribution < 1.29 is 28.6 Å². The fraction of sp³-hybridized carbons (Fsp3) is 0.333. The molecule has 0 saturated heterocycles. The Kier molecular flexibility index (Phi) is 14.4. The van der Waals surface area contributed by atoms with E-state index in [1.807, 2.05) is 6.07 Å². The van der Waals surface area contributed by atoms with E-state index in [0.29, 0.717) is 22.6 Å². The first-order valence-electron chi connectivity index (χ1n) is 12.9. The predicted molar refractivity (Wildman–Crippen MR) is 157 cm³/mol. The maximum Gasteiger partial charge on any atom is 0.306 e. The third-order valence-corrected chi connectivity index (χ3v) is 6.10. The lowest BCUT2D eigenvalue weighted by Gasteiger charge is -2.19. The molecule has 212 valence electrons. The second kappa shape index (κ2) is 17.2. The Bertz CT molecular complexity index is 1300. The molecule has 2 unspecified atom stereocenters. The normalized spacial score (nSPS) is 12.3. The monoisotopic (exact) mass is 545 g/mol. The molecule has 0 saturated carbocycles. The van der Waals surface area contributed by atoms with Gasteiger partial charge in [-0.05, 0) is 63.1 Å². The summed E-state index contributed by atoms with van der Waals surface area (Å²) in [5.41, 5.74) is 4.77. The second-order valence-corrected chi connectivity index (χ2v) is 9.28. The molecule has 2 rings (SSSR count). The van der Waals surface area contributed by atoms with Gasteiger partial charge in [0.1, 0.15) is 11.5 Å². The van der Waals surface area contributed by atoms with Crippen molar-refractivity contribution in [2.45, 2.75) is 53.6 Å². The summed E-state index contributed by atoms with van der Waals surface area (Å²) in [6.07, 6.45) is 4.93. The highest BCUT2D eigenvalue weighted by atomic mass is 16.5. The van der Waals surface area contributed by atoms with Gasteiger partial charge in [-0.1, -0.05) is 55.5 Å². The number of carbonyl (C=O) groups excluding carboxylic acids is 3. The van der Waals surface area contributed by atoms with E-state index in [9.17, 15) is 14.4 Å². The Hall–Kier alpha value is -4.44. The zero-order chi connectivity index (χ0) is 30.2. The number of ketones is 2. The van der Waals surface area contributed by atoms with Crippen LogP contribution in [0.15, 0.2) is 72.9 Å². The topological polar surface area (TPSA) is 103 Å². The molecule has 0 N–H and O–H groups in total. The van der Waals surface area contributed by atoms with E-state index >= 15 is 0 Å². The van der Waals surface area contributed by atoms with Gasteiger partial charge in [-0.3, -0.25) is 14.4 Å². The number of rotatable bonds is 12. The number of benzene rings is 2. The SMILES string of the molecule is C=C/C(C#N)=C\C=C/C(C)C(OC(=O)CCC(=O)c1cc(OC)ccc1OC)C(C)=O.Cc1ccc(C)c(C)c1. The van der Waals surface area contributed by atoms with Gasteiger partial charge in [0.25, 0.3) is 0 Å². The molecule has 2 aromatic carbocycles. The van der Waals surface area contributed by atoms with Crippen molar-refractivity contribution in [1.82, 2.24) is 0 Å². The lowest BCUT2D eigenvalue weighted by Crippen LogP contribution is -2.31. The van der Waals surface area contributed by atoms with Gasteiger partial charge in [0.15, 0.2) is 17.7 Å². The Morgan fingerprint density at radius 3 is 2.23 bits per heavy atom. The number of Topliss-reactive ketones (excluding diaryl/α,β-unsaturated/α-hetero) is 2. The molecule has 0 aliphatic rings. The number of methoxy groups -OCH3 is 2. The minimum atomic E-state index is -0.993. The van der Waals surface area contributed by atoms with Gasteiger partial charge in [-0.15, -0.1) is 0 Å². The Morgan fingerprint density at radius 2 is 1.70 bits per heavy atom. The van der Waals surface area contributed by atoms with Gasteiger partial charge in [0.05, 0.1) is 37.8 Å². The van der Waals surface area contributed by atoms with Crippen LogP contribution < -0.4 is 9.47 Å². The average molecular weight is 546 g/mol. The highest BCUT2D eigenvalue weighted by molar-refractivity contribution is 6.00. The van der Waals surface area contributed by atoms with E-state index in [1.165, 1.54) is 43.9 Å². The van der Waals surface area contributed by atoms with E-state index in [2.05, 4.69) is 45.5 Å². The first kappa shape index (κ1) is 33.6. The predicted octanol–water partition coefficient (Wildman–Crippen LogP) is 6.61. The highest BCUT2D eigenvalue weighted by Crippen LogP contribution is 2.25. The van der Waals surface area contributed by atoms with Crippen LogP contribution in [0.3, 0.4) is 0 Å². The van der Waals surface area contributed by atoms with Gasteiger partial charge in [0.2, 0.25) is 0 Å². The number of aryl methyl sites for hydroxylation is 3. The maximum absolute atomic E-state index is 12.6. The molecule has 0 aliphatic carbocycles. The number of allylic oxidation sites excluding steroid dienone is 4. The third-order valence-electron chi connectivity index (χ3n) is 6.10. The zero-order valence-corrected chi connectivity index (χ0v) is 24.4. The number of carbonyl (C=O) groups is 3. The molecular formula is C33H39NO6. The molecule has 0 fully saturated rings. The van der Waals surface area contributed by atoms with Crippen LogP contribution in [0.25, 0.3) is 0 Å². The molecule has 7 nitrogen and oxygen atoms in total. The summed E-state index contributed by atoms with van der Waals surface area (Å²) < 4.78 is 15.6. The zero-order valence-electron chi connectivity index (χ0n) is 24.4. The summed E-state index contributed by atoms with van der Waals surface area (Å²) in [7, 11) is 2.93. The van der Waals surface area contributed by atoms with E-state index in [0.717, 1.165) is 0 Å². The molecule has 0 aliphatic heterocycles. The number of nitrogens with zero attached hydrogens (tertiary/aromatic N) is 1. The van der Waals surface area contributed by atoms with Crippen LogP contribution in [0.4, 0.5) is 0 Å². The van der Waals surface area contributed by atoms with Crippen molar-refractivity contribution >= 4 is 17.5 Å². The Morgan fingerprint density at radius 1 is 1.00 bits per heavy atom. The van der Waals surface area contributed by atoms with Gasteiger partial charge in [0, 0.05) is 12.3 Å². The Labute approximate surface area is 237 Å². The smallest absolute Gasteiger partial charge is 0.306 e. The third kappa shape index (κ3) is 11.1. The van der Waals surface area contributed by atoms with Crippen molar-refractivity contribution in [2.24, 2.45) is 5.92 Å². The quantitative estimate of drug-likeness (QED) is 0.128. The number of ether oxygens (including phenoxy) is 3. The van der Waals surface area contributed by atoms with Crippen molar-refractivity contribution in [3.05, 3.63) is 95.1 Å². The van der Waals surface area contributed by atoms with E-state index in [1.54, 1.807) is 43.4 Å². The molecule has 0 aromatic heterocycles. The lowest BCUT2D eigenvalue weighted by atomic mass is 10.0. The molecule has 40 heavy (non-hydrogen) atoms. The molecule has 0 spiro atoms. The summed E-state index contributed by atoms with van der Waals surface area (Å²) in [4.78, 5) is 36.8. The van der Waals surface area contributed by atoms with Gasteiger partial charge in [-0.25, -0.2) is 0 Å². The average Bonchev–Trinajstić information content (AvgIpc) is 2.94. The summed E-state index contributed by atoms with van der Waals surface area (Å²) in [6, 6.07) is 13.3. The Balaban J connectivity index is 0.000000747. The van der Waals surface area contributed by atoms with Crippen LogP contribution in [0.1, 0.15) is 53.7 Å². The van der Waals surface area contributed by atoms with Crippen molar-refractivity contribution in [1.29, 1.82) is 5.26 Å². The standard InChI is InChI=1S/C24H27NO6.C9H12/c1-6-18(15-25)9-7-8-16(2)24(17(3)26)31-23(28)13-11-21(27)20-14-19(29-4)10-12-22(20)30-5;1-7-4-5-8(2)9(3)6-7/h6-10,12,14,16,24H,1,11,13H2,2-5H3;4-6H,1-3H3/b8-7-,18-9+;. The van der Waals surface area contributed by atoms with Crippen LogP contribution >= 0.6 is 0 Å². The van der Waals surface area contributed by atoms with Crippen LogP contribution in [-0.2, 0) is 14.3 Å². The first-order valence-corrected chi connectivity index (χ1v) is 12.9. The van der Waals surface area contributed by atoms with E-state index in [-0.39, 0.29) is 24.4 Å². The van der Waals surface area contributed by atoms with Gasteiger partial charge in [-0.2, -0.15) is 5.26 Å². The summed E-state index contributed by atoms with van der Waals surface area (Å²) in [5, 5.41) is 8.87. The van der Waals surface area contributed by atoms with Crippen molar-refractivity contribution in [3.8, 4) is 17.6 Å². The molecular weight excluding hydrogens is 506 g/mol. The molecule has 2 aromatic rings. The van der Waals surface area contributed by atoms with Gasteiger partial charge < -0.3 is 14.2 Å². The van der Waals surface area contributed by atoms with E-state index in [4.69, 9.17) is 19.5 Å². The number of esters is 1. The summed E-state index contributed by atoms with van der Waals surface area (Å²) >= 11 is 0. The molecule has 0 bridgehead atoms. The summed E-state index contributed by atoms with van der Waals surface area (Å²) in [5.74, 6) is -0.831. The molecule has 0 heterocycles. The fourth-order valence-electron chi connectivity index (χ4n) is 3.62. The fourth-order valence-corrected chi connectivity index (χ4v) is 3.62. The van der Waals surface area contributed by atoms with Crippen LogP contribution in [0.5, 0.6) is 11.5 Å².